The molecule has 0 unspecified atom stereocenters. The monoisotopic (exact) mass is 384 g/mol. The topological polar surface area (TPSA) is 69.7 Å². The third kappa shape index (κ3) is 5.38. The molecule has 0 radical (unpaired) electrons. The van der Waals surface area contributed by atoms with E-state index in [1.54, 1.807) is 14.2 Å². The summed E-state index contributed by atoms with van der Waals surface area (Å²) in [4.78, 5) is 16.7. The number of ether oxygens (including phenoxy) is 3. The predicted molar refractivity (Wildman–Crippen MR) is 107 cm³/mol. The molecule has 0 spiro atoms. The summed E-state index contributed by atoms with van der Waals surface area (Å²) in [7, 11) is 3.19. The Balaban J connectivity index is 1.45. The van der Waals surface area contributed by atoms with Gasteiger partial charge < -0.3 is 19.5 Å². The van der Waals surface area contributed by atoms with Gasteiger partial charge in [0.2, 0.25) is 11.8 Å². The Morgan fingerprint density at radius 2 is 1.82 bits per heavy atom. The second-order valence-electron chi connectivity index (χ2n) is 7.20. The molecule has 150 valence electrons. The van der Waals surface area contributed by atoms with Crippen molar-refractivity contribution < 1.29 is 19.0 Å². The molecule has 0 bridgehead atoms. The van der Waals surface area contributed by atoms with Gasteiger partial charge in [0.1, 0.15) is 6.10 Å². The van der Waals surface area contributed by atoms with E-state index in [0.717, 1.165) is 36.8 Å². The van der Waals surface area contributed by atoms with Gasteiger partial charge in [-0.05, 0) is 55.9 Å². The van der Waals surface area contributed by atoms with Crippen molar-refractivity contribution in [2.24, 2.45) is 0 Å². The molecule has 1 amide bonds. The first-order valence-corrected chi connectivity index (χ1v) is 9.67. The number of carbonyl (C=O) groups excluding carboxylic acids is 1. The Bertz CT molecular complexity index is 784. The average Bonchev–Trinajstić information content (AvgIpc) is 2.71. The van der Waals surface area contributed by atoms with Crippen molar-refractivity contribution in [2.45, 2.75) is 51.2 Å². The Morgan fingerprint density at radius 1 is 1.07 bits per heavy atom. The van der Waals surface area contributed by atoms with Crippen LogP contribution in [0.4, 0.5) is 0 Å². The zero-order chi connectivity index (χ0) is 19.9. The molecule has 0 aliphatic heterocycles. The van der Waals surface area contributed by atoms with E-state index in [9.17, 15) is 4.79 Å². The fourth-order valence-electron chi connectivity index (χ4n) is 3.47. The lowest BCUT2D eigenvalue weighted by Crippen LogP contribution is -2.40. The third-order valence-corrected chi connectivity index (χ3v) is 5.02. The lowest BCUT2D eigenvalue weighted by molar-refractivity contribution is -0.121. The molecule has 1 aliphatic rings. The van der Waals surface area contributed by atoms with E-state index < -0.39 is 0 Å². The highest BCUT2D eigenvalue weighted by molar-refractivity contribution is 5.79. The van der Waals surface area contributed by atoms with Crippen LogP contribution in [0.15, 0.2) is 36.5 Å². The SMILES string of the molecule is COc1ccc(CC(=O)NC2CCC(Oc3ccc(C)cn3)CC2)cc1OC. The molecular weight excluding hydrogens is 356 g/mol. The number of methoxy groups -OCH3 is 2. The van der Waals surface area contributed by atoms with E-state index in [4.69, 9.17) is 14.2 Å². The quantitative estimate of drug-likeness (QED) is 0.792. The molecule has 0 saturated heterocycles. The first-order valence-electron chi connectivity index (χ1n) is 9.67. The zero-order valence-corrected chi connectivity index (χ0v) is 16.7. The first-order chi connectivity index (χ1) is 13.6. The van der Waals surface area contributed by atoms with Crippen LogP contribution in [0.3, 0.4) is 0 Å². The second kappa shape index (κ2) is 9.44. The Hall–Kier alpha value is -2.76. The highest BCUT2D eigenvalue weighted by Crippen LogP contribution is 2.28. The molecule has 2 aromatic rings. The van der Waals surface area contributed by atoms with Crippen molar-refractivity contribution >= 4 is 5.91 Å². The van der Waals surface area contributed by atoms with Crippen LogP contribution in [-0.2, 0) is 11.2 Å². The molecule has 6 nitrogen and oxygen atoms in total. The maximum absolute atomic E-state index is 12.4. The van der Waals surface area contributed by atoms with Gasteiger partial charge in [0.25, 0.3) is 0 Å². The van der Waals surface area contributed by atoms with Crippen LogP contribution in [-0.4, -0.2) is 37.3 Å². The first kappa shape index (κ1) is 20.0. The van der Waals surface area contributed by atoms with Gasteiger partial charge in [-0.2, -0.15) is 0 Å². The zero-order valence-electron chi connectivity index (χ0n) is 16.7. The molecule has 1 fully saturated rings. The molecule has 28 heavy (non-hydrogen) atoms. The maximum atomic E-state index is 12.4. The van der Waals surface area contributed by atoms with Gasteiger partial charge in [-0.25, -0.2) is 4.98 Å². The molecule has 1 aliphatic carbocycles. The standard InChI is InChI=1S/C22H28N2O4/c1-15-4-11-22(23-14-15)28-18-8-6-17(7-9-18)24-21(25)13-16-5-10-19(26-2)20(12-16)27-3/h4-5,10-12,14,17-18H,6-9,13H2,1-3H3,(H,24,25). The number of amides is 1. The van der Waals surface area contributed by atoms with Crippen LogP contribution in [0.5, 0.6) is 17.4 Å². The minimum Gasteiger partial charge on any atom is -0.493 e. The van der Waals surface area contributed by atoms with Gasteiger partial charge in [0.15, 0.2) is 11.5 Å². The van der Waals surface area contributed by atoms with Crippen LogP contribution in [0.2, 0.25) is 0 Å². The number of pyridine rings is 1. The Labute approximate surface area is 166 Å². The van der Waals surface area contributed by atoms with E-state index in [1.807, 2.05) is 43.5 Å². The van der Waals surface area contributed by atoms with Crippen LogP contribution in [0.25, 0.3) is 0 Å². The summed E-state index contributed by atoms with van der Waals surface area (Å²) >= 11 is 0. The number of nitrogens with zero attached hydrogens (tertiary/aromatic N) is 1. The fraction of sp³-hybridized carbons (Fsp3) is 0.455. The average molecular weight is 384 g/mol. The van der Waals surface area contributed by atoms with Crippen molar-refractivity contribution in [3.8, 4) is 17.4 Å². The highest BCUT2D eigenvalue weighted by atomic mass is 16.5. The lowest BCUT2D eigenvalue weighted by atomic mass is 9.92. The van der Waals surface area contributed by atoms with E-state index in [0.29, 0.717) is 23.8 Å². The van der Waals surface area contributed by atoms with Crippen molar-refractivity contribution in [3.63, 3.8) is 0 Å². The summed E-state index contributed by atoms with van der Waals surface area (Å²) in [5.74, 6) is 1.99. The fourth-order valence-corrected chi connectivity index (χ4v) is 3.47. The molecule has 1 aromatic heterocycles. The molecule has 6 heteroatoms. The number of hydrogen-bond donors (Lipinski definition) is 1. The molecular formula is C22H28N2O4. The van der Waals surface area contributed by atoms with Gasteiger partial charge in [0.05, 0.1) is 20.6 Å². The van der Waals surface area contributed by atoms with Gasteiger partial charge in [-0.3, -0.25) is 4.79 Å². The summed E-state index contributed by atoms with van der Waals surface area (Å²) in [6.45, 7) is 2.01. The second-order valence-corrected chi connectivity index (χ2v) is 7.20. The molecule has 1 saturated carbocycles. The van der Waals surface area contributed by atoms with Gasteiger partial charge in [-0.15, -0.1) is 0 Å². The van der Waals surface area contributed by atoms with Crippen LogP contribution < -0.4 is 19.5 Å². The number of carbonyl (C=O) groups is 1. The molecule has 3 rings (SSSR count). The van der Waals surface area contributed by atoms with Crippen molar-refractivity contribution in [1.82, 2.24) is 10.3 Å². The van der Waals surface area contributed by atoms with E-state index in [-0.39, 0.29) is 18.1 Å². The van der Waals surface area contributed by atoms with Crippen molar-refractivity contribution in [1.29, 1.82) is 0 Å². The minimum atomic E-state index is 0.0248. The minimum absolute atomic E-state index is 0.0248. The molecule has 1 heterocycles. The summed E-state index contributed by atoms with van der Waals surface area (Å²) < 4.78 is 16.5. The molecule has 1 aromatic carbocycles. The molecule has 0 atom stereocenters. The van der Waals surface area contributed by atoms with Gasteiger partial charge >= 0.3 is 0 Å². The Kier molecular flexibility index (Phi) is 6.74. The lowest BCUT2D eigenvalue weighted by Gasteiger charge is -2.29. The van der Waals surface area contributed by atoms with E-state index >= 15 is 0 Å². The number of aryl methyl sites for hydroxylation is 1. The summed E-state index contributed by atoms with van der Waals surface area (Å²) in [6.07, 6.45) is 5.95. The van der Waals surface area contributed by atoms with Crippen molar-refractivity contribution in [3.05, 3.63) is 47.7 Å². The van der Waals surface area contributed by atoms with Gasteiger partial charge in [-0.1, -0.05) is 12.1 Å². The highest BCUT2D eigenvalue weighted by Gasteiger charge is 2.24. The number of rotatable bonds is 7. The van der Waals surface area contributed by atoms with Crippen LogP contribution >= 0.6 is 0 Å². The summed E-state index contributed by atoms with van der Waals surface area (Å²) in [5, 5.41) is 3.14. The smallest absolute Gasteiger partial charge is 0.224 e. The van der Waals surface area contributed by atoms with Crippen LogP contribution in [0, 0.1) is 6.92 Å². The Morgan fingerprint density at radius 3 is 2.46 bits per heavy atom. The van der Waals surface area contributed by atoms with Gasteiger partial charge in [0, 0.05) is 18.3 Å². The normalized spacial score (nSPS) is 19.0. The van der Waals surface area contributed by atoms with Crippen molar-refractivity contribution in [2.75, 3.05) is 14.2 Å². The predicted octanol–water partition coefficient (Wildman–Crippen LogP) is 3.46. The summed E-state index contributed by atoms with van der Waals surface area (Å²) in [5.41, 5.74) is 2.02. The van der Waals surface area contributed by atoms with E-state index in [2.05, 4.69) is 10.3 Å². The third-order valence-electron chi connectivity index (χ3n) is 5.02. The molecule has 1 N–H and O–H groups in total. The number of benzene rings is 1. The largest absolute Gasteiger partial charge is 0.493 e. The van der Waals surface area contributed by atoms with E-state index in [1.165, 1.54) is 0 Å². The number of aromatic nitrogens is 1. The number of hydrogen-bond acceptors (Lipinski definition) is 5. The van der Waals surface area contributed by atoms with Crippen LogP contribution in [0.1, 0.15) is 36.8 Å². The number of nitrogens with one attached hydrogen (secondary N) is 1. The maximum Gasteiger partial charge on any atom is 0.224 e. The summed E-state index contributed by atoms with van der Waals surface area (Å²) in [6, 6.07) is 9.66.